The van der Waals surface area contributed by atoms with Crippen LogP contribution in [0.25, 0.3) is 0 Å². The largest absolute Gasteiger partial charge is 0.324 e. The topological polar surface area (TPSA) is 66.5 Å². The van der Waals surface area contributed by atoms with E-state index in [1.807, 2.05) is 60.7 Å². The van der Waals surface area contributed by atoms with Crippen LogP contribution in [0.5, 0.6) is 0 Å². The summed E-state index contributed by atoms with van der Waals surface area (Å²) in [5, 5.41) is 2.90. The molecule has 0 spiro atoms. The second kappa shape index (κ2) is 9.87. The molecule has 1 aliphatic rings. The first-order valence-electron chi connectivity index (χ1n) is 11.5. The van der Waals surface area contributed by atoms with E-state index in [0.717, 1.165) is 11.1 Å². The first-order valence-corrected chi connectivity index (χ1v) is 11.5. The predicted octanol–water partition coefficient (Wildman–Crippen LogP) is 5.10. The maximum atomic E-state index is 13.2. The second-order valence-electron chi connectivity index (χ2n) is 8.60. The lowest BCUT2D eigenvalue weighted by atomic mass is 9.83. The zero-order valence-corrected chi connectivity index (χ0v) is 19.1. The van der Waals surface area contributed by atoms with Crippen LogP contribution < -0.4 is 5.32 Å². The molecule has 4 aromatic carbocycles. The van der Waals surface area contributed by atoms with Gasteiger partial charge < -0.3 is 5.32 Å². The fraction of sp³-hybridized carbons (Fsp3) is 0.100. The van der Waals surface area contributed by atoms with Crippen LogP contribution >= 0.6 is 0 Å². The Bertz CT molecular complexity index is 1360. The van der Waals surface area contributed by atoms with Gasteiger partial charge in [0.25, 0.3) is 0 Å². The zero-order valence-electron chi connectivity index (χ0n) is 19.1. The fourth-order valence-corrected chi connectivity index (χ4v) is 4.49. The van der Waals surface area contributed by atoms with Crippen LogP contribution in [-0.4, -0.2) is 28.9 Å². The first kappa shape index (κ1) is 22.4. The van der Waals surface area contributed by atoms with Gasteiger partial charge in [-0.2, -0.15) is 0 Å². The number of nitrogens with zero attached hydrogens (tertiary/aromatic N) is 1. The molecule has 0 saturated carbocycles. The SMILES string of the molecule is O=C(CN(Cc1ccccc1)Cc1ccccc1)Nc1cccc2c1C(=O)c1ccccc1C2=O. The smallest absolute Gasteiger partial charge is 0.238 e. The van der Waals surface area contributed by atoms with E-state index >= 15 is 0 Å². The lowest BCUT2D eigenvalue weighted by Crippen LogP contribution is -2.33. The molecule has 1 amide bonds. The Morgan fingerprint density at radius 3 is 1.71 bits per heavy atom. The molecule has 5 rings (SSSR count). The standard InChI is InChI=1S/C30H24N2O3/c33-27(20-32(18-21-10-3-1-4-11-21)19-22-12-5-2-6-13-22)31-26-17-9-16-25-28(26)30(35)24-15-8-7-14-23(24)29(25)34/h1-17H,18-20H2,(H,31,33). The average molecular weight is 461 g/mol. The van der Waals surface area contributed by atoms with Crippen molar-refractivity contribution in [1.29, 1.82) is 0 Å². The Balaban J connectivity index is 1.38. The summed E-state index contributed by atoms with van der Waals surface area (Å²) < 4.78 is 0. The van der Waals surface area contributed by atoms with E-state index in [9.17, 15) is 14.4 Å². The van der Waals surface area contributed by atoms with Gasteiger partial charge in [0, 0.05) is 29.8 Å². The Morgan fingerprint density at radius 1 is 0.600 bits per heavy atom. The number of carbonyl (C=O) groups is 3. The van der Waals surface area contributed by atoms with Gasteiger partial charge in [-0.1, -0.05) is 97.1 Å². The number of ketones is 2. The van der Waals surface area contributed by atoms with Crippen LogP contribution in [0.4, 0.5) is 5.69 Å². The molecule has 35 heavy (non-hydrogen) atoms. The van der Waals surface area contributed by atoms with E-state index < -0.39 is 0 Å². The first-order chi connectivity index (χ1) is 17.1. The molecule has 0 radical (unpaired) electrons. The third-order valence-electron chi connectivity index (χ3n) is 6.09. The zero-order chi connectivity index (χ0) is 24.2. The van der Waals surface area contributed by atoms with E-state index in [1.165, 1.54) is 0 Å². The van der Waals surface area contributed by atoms with E-state index in [0.29, 0.717) is 35.5 Å². The predicted molar refractivity (Wildman–Crippen MR) is 135 cm³/mol. The van der Waals surface area contributed by atoms with Gasteiger partial charge in [-0.3, -0.25) is 19.3 Å². The Morgan fingerprint density at radius 2 is 1.11 bits per heavy atom. The monoisotopic (exact) mass is 460 g/mol. The Kier molecular flexibility index (Phi) is 6.33. The van der Waals surface area contributed by atoms with Crippen LogP contribution in [0.15, 0.2) is 103 Å². The van der Waals surface area contributed by atoms with E-state index in [2.05, 4.69) is 10.2 Å². The van der Waals surface area contributed by atoms with Crippen LogP contribution in [0.3, 0.4) is 0 Å². The van der Waals surface area contributed by atoms with Crippen molar-refractivity contribution in [2.45, 2.75) is 13.1 Å². The number of amides is 1. The highest BCUT2D eigenvalue weighted by Gasteiger charge is 2.31. The molecule has 5 nitrogen and oxygen atoms in total. The molecule has 0 bridgehead atoms. The minimum absolute atomic E-state index is 0.131. The summed E-state index contributed by atoms with van der Waals surface area (Å²) in [6.45, 7) is 1.33. The third kappa shape index (κ3) is 4.81. The molecule has 0 unspecified atom stereocenters. The molecular weight excluding hydrogens is 436 g/mol. The van der Waals surface area contributed by atoms with Gasteiger partial charge in [0.15, 0.2) is 11.6 Å². The number of hydrogen-bond acceptors (Lipinski definition) is 4. The Hall–Kier alpha value is -4.35. The highest BCUT2D eigenvalue weighted by atomic mass is 16.2. The molecule has 0 aliphatic heterocycles. The summed E-state index contributed by atoms with van der Waals surface area (Å²) in [5.74, 6) is -0.707. The third-order valence-corrected chi connectivity index (χ3v) is 6.09. The molecule has 0 saturated heterocycles. The molecule has 0 atom stereocenters. The maximum absolute atomic E-state index is 13.2. The van der Waals surface area contributed by atoms with E-state index in [4.69, 9.17) is 0 Å². The number of hydrogen-bond donors (Lipinski definition) is 1. The van der Waals surface area contributed by atoms with Crippen molar-refractivity contribution in [1.82, 2.24) is 4.90 Å². The van der Waals surface area contributed by atoms with E-state index in [-0.39, 0.29) is 29.6 Å². The van der Waals surface area contributed by atoms with Gasteiger partial charge in [0.2, 0.25) is 5.91 Å². The normalized spacial score (nSPS) is 12.3. The number of carbonyl (C=O) groups excluding carboxylic acids is 3. The van der Waals surface area contributed by atoms with Crippen molar-refractivity contribution in [2.75, 3.05) is 11.9 Å². The van der Waals surface area contributed by atoms with E-state index in [1.54, 1.807) is 42.5 Å². The molecule has 0 heterocycles. The average Bonchev–Trinajstić information content (AvgIpc) is 2.88. The van der Waals surface area contributed by atoms with Gasteiger partial charge >= 0.3 is 0 Å². The minimum atomic E-state index is -0.253. The molecule has 0 aromatic heterocycles. The summed E-state index contributed by atoms with van der Waals surface area (Å²) >= 11 is 0. The van der Waals surface area contributed by atoms with Gasteiger partial charge in [-0.15, -0.1) is 0 Å². The highest BCUT2D eigenvalue weighted by Crippen LogP contribution is 2.32. The summed E-state index contributed by atoms with van der Waals surface area (Å²) in [6.07, 6.45) is 0. The summed E-state index contributed by atoms with van der Waals surface area (Å²) in [6, 6.07) is 31.8. The number of anilines is 1. The number of nitrogens with one attached hydrogen (secondary N) is 1. The summed E-state index contributed by atoms with van der Waals surface area (Å²) in [5.41, 5.74) is 3.89. The van der Waals surface area contributed by atoms with Crippen molar-refractivity contribution in [3.63, 3.8) is 0 Å². The minimum Gasteiger partial charge on any atom is -0.324 e. The maximum Gasteiger partial charge on any atom is 0.238 e. The molecular formula is C30H24N2O3. The van der Waals surface area contributed by atoms with Crippen molar-refractivity contribution in [3.8, 4) is 0 Å². The number of rotatable bonds is 7. The lowest BCUT2D eigenvalue weighted by molar-refractivity contribution is -0.117. The molecule has 5 heteroatoms. The summed E-state index contributed by atoms with van der Waals surface area (Å²) in [4.78, 5) is 41.5. The van der Waals surface area contributed by atoms with Gasteiger partial charge in [-0.25, -0.2) is 0 Å². The molecule has 1 aliphatic carbocycles. The van der Waals surface area contributed by atoms with Gasteiger partial charge in [0.05, 0.1) is 17.8 Å². The van der Waals surface area contributed by atoms with Crippen LogP contribution in [0.1, 0.15) is 43.0 Å². The molecule has 0 fully saturated rings. The molecule has 172 valence electrons. The van der Waals surface area contributed by atoms with Crippen molar-refractivity contribution >= 4 is 23.2 Å². The molecule has 4 aromatic rings. The van der Waals surface area contributed by atoms with Crippen molar-refractivity contribution < 1.29 is 14.4 Å². The number of benzene rings is 4. The lowest BCUT2D eigenvalue weighted by Gasteiger charge is -2.23. The highest BCUT2D eigenvalue weighted by molar-refractivity contribution is 6.30. The quantitative estimate of drug-likeness (QED) is 0.367. The van der Waals surface area contributed by atoms with Crippen molar-refractivity contribution in [3.05, 3.63) is 137 Å². The fourth-order valence-electron chi connectivity index (χ4n) is 4.49. The van der Waals surface area contributed by atoms with Crippen LogP contribution in [0, 0.1) is 0 Å². The number of fused-ring (bicyclic) bond motifs is 2. The Labute approximate surface area is 204 Å². The second-order valence-corrected chi connectivity index (χ2v) is 8.60. The van der Waals surface area contributed by atoms with Gasteiger partial charge in [-0.05, 0) is 17.2 Å². The molecule has 1 N–H and O–H groups in total. The van der Waals surface area contributed by atoms with Crippen molar-refractivity contribution in [2.24, 2.45) is 0 Å². The van der Waals surface area contributed by atoms with Crippen LogP contribution in [0.2, 0.25) is 0 Å². The van der Waals surface area contributed by atoms with Gasteiger partial charge in [0.1, 0.15) is 0 Å². The van der Waals surface area contributed by atoms with Crippen LogP contribution in [-0.2, 0) is 17.9 Å². The summed E-state index contributed by atoms with van der Waals surface area (Å²) in [7, 11) is 0.